The van der Waals surface area contributed by atoms with E-state index in [1.54, 1.807) is 36.4 Å². The van der Waals surface area contributed by atoms with E-state index in [1.165, 1.54) is 11.2 Å². The molecule has 0 spiro atoms. The molecule has 0 saturated heterocycles. The number of hydrogen-bond acceptors (Lipinski definition) is 3. The second-order valence-corrected chi connectivity index (χ2v) is 3.24. The molecule has 1 heterocycles. The van der Waals surface area contributed by atoms with Crippen LogP contribution in [0.4, 0.5) is 0 Å². The van der Waals surface area contributed by atoms with Crippen LogP contribution in [0.3, 0.4) is 0 Å². The van der Waals surface area contributed by atoms with Gasteiger partial charge in [-0.2, -0.15) is 10.4 Å². The summed E-state index contributed by atoms with van der Waals surface area (Å²) in [5.74, 6) is -0.271. The fraction of sp³-hybridized carbons (Fsp3) is 0.0833. The second-order valence-electron chi connectivity index (χ2n) is 3.24. The lowest BCUT2D eigenvalue weighted by atomic mass is 10.2. The van der Waals surface area contributed by atoms with Gasteiger partial charge in [-0.3, -0.25) is 4.79 Å². The lowest BCUT2D eigenvalue weighted by Crippen LogP contribution is -2.35. The Morgan fingerprint density at radius 2 is 2.12 bits per heavy atom. The van der Waals surface area contributed by atoms with Crippen LogP contribution in [0.5, 0.6) is 0 Å². The number of nitriles is 1. The number of carbonyl (C=O) groups is 1. The molecule has 1 aromatic rings. The first-order valence-corrected chi connectivity index (χ1v) is 4.82. The summed E-state index contributed by atoms with van der Waals surface area (Å²) in [6.45, 7) is 0. The van der Waals surface area contributed by atoms with Gasteiger partial charge in [0.25, 0.3) is 5.91 Å². The predicted molar refractivity (Wildman–Crippen MR) is 59.6 cm³/mol. The monoisotopic (exact) mass is 211 g/mol. The van der Waals surface area contributed by atoms with E-state index in [0.29, 0.717) is 5.56 Å². The molecule has 0 aromatic heterocycles. The number of allylic oxidation sites excluding steroid dienone is 1. The summed E-state index contributed by atoms with van der Waals surface area (Å²) in [5, 5.41) is 14.0. The van der Waals surface area contributed by atoms with Crippen molar-refractivity contribution < 1.29 is 4.79 Å². The highest BCUT2D eigenvalue weighted by Gasteiger charge is 2.23. The minimum absolute atomic E-state index is 0.271. The zero-order valence-electron chi connectivity index (χ0n) is 8.45. The number of amides is 1. The van der Waals surface area contributed by atoms with Crippen molar-refractivity contribution in [3.63, 3.8) is 0 Å². The fourth-order valence-corrected chi connectivity index (χ4v) is 1.41. The first-order chi connectivity index (χ1) is 7.83. The molecule has 78 valence electrons. The van der Waals surface area contributed by atoms with Gasteiger partial charge in [0.05, 0.1) is 6.07 Å². The third-order valence-electron chi connectivity index (χ3n) is 2.20. The molecule has 0 saturated carbocycles. The van der Waals surface area contributed by atoms with Gasteiger partial charge in [0.15, 0.2) is 6.04 Å². The number of hydrazone groups is 1. The topological polar surface area (TPSA) is 56.5 Å². The molecule has 2 rings (SSSR count). The normalized spacial score (nSPS) is 18.2. The molecule has 0 aliphatic carbocycles. The van der Waals surface area contributed by atoms with E-state index in [9.17, 15) is 4.79 Å². The third kappa shape index (κ3) is 1.84. The minimum Gasteiger partial charge on any atom is -0.267 e. The fourth-order valence-electron chi connectivity index (χ4n) is 1.41. The van der Waals surface area contributed by atoms with E-state index >= 15 is 0 Å². The molecule has 1 aromatic carbocycles. The van der Waals surface area contributed by atoms with E-state index in [2.05, 4.69) is 5.10 Å². The van der Waals surface area contributed by atoms with Gasteiger partial charge >= 0.3 is 0 Å². The van der Waals surface area contributed by atoms with Crippen LogP contribution >= 0.6 is 0 Å². The van der Waals surface area contributed by atoms with Crippen molar-refractivity contribution in [3.8, 4) is 6.07 Å². The maximum absolute atomic E-state index is 12.0. The molecule has 0 bridgehead atoms. The molecule has 0 radical (unpaired) electrons. The van der Waals surface area contributed by atoms with Gasteiger partial charge in [0.2, 0.25) is 0 Å². The SMILES string of the molecule is N#CC1C=CC=NN1C(=O)c1ccccc1. The van der Waals surface area contributed by atoms with E-state index in [0.717, 1.165) is 0 Å². The Hall–Kier alpha value is -2.41. The first kappa shape index (κ1) is 10.1. The largest absolute Gasteiger partial charge is 0.275 e. The van der Waals surface area contributed by atoms with Crippen LogP contribution in [-0.4, -0.2) is 23.2 Å². The highest BCUT2D eigenvalue weighted by atomic mass is 16.2. The van der Waals surface area contributed by atoms with E-state index in [1.807, 2.05) is 12.1 Å². The molecule has 0 fully saturated rings. The number of nitrogens with zero attached hydrogens (tertiary/aromatic N) is 3. The standard InChI is InChI=1S/C12H9N3O/c13-9-11-7-4-8-14-15(11)12(16)10-5-2-1-3-6-10/h1-8,11H. The van der Waals surface area contributed by atoms with Gasteiger partial charge in [-0.25, -0.2) is 5.01 Å². The number of carbonyl (C=O) groups excluding carboxylic acids is 1. The van der Waals surface area contributed by atoms with Gasteiger partial charge in [-0.1, -0.05) is 18.2 Å². The summed E-state index contributed by atoms with van der Waals surface area (Å²) >= 11 is 0. The van der Waals surface area contributed by atoms with E-state index in [-0.39, 0.29) is 5.91 Å². The molecule has 1 aliphatic rings. The maximum atomic E-state index is 12.0. The van der Waals surface area contributed by atoms with Crippen LogP contribution in [-0.2, 0) is 0 Å². The summed E-state index contributed by atoms with van der Waals surface area (Å²) in [6, 6.07) is 10.2. The highest BCUT2D eigenvalue weighted by Crippen LogP contribution is 2.11. The van der Waals surface area contributed by atoms with Crippen molar-refractivity contribution in [1.29, 1.82) is 5.26 Å². The average Bonchev–Trinajstić information content (AvgIpc) is 2.39. The molecule has 16 heavy (non-hydrogen) atoms. The quantitative estimate of drug-likeness (QED) is 0.708. The molecule has 4 heteroatoms. The number of rotatable bonds is 1. The summed E-state index contributed by atoms with van der Waals surface area (Å²) < 4.78 is 0. The van der Waals surface area contributed by atoms with Gasteiger partial charge in [-0.05, 0) is 24.3 Å². The van der Waals surface area contributed by atoms with Crippen LogP contribution in [0.2, 0.25) is 0 Å². The van der Waals surface area contributed by atoms with Crippen molar-refractivity contribution in [3.05, 3.63) is 48.0 Å². The van der Waals surface area contributed by atoms with Crippen LogP contribution < -0.4 is 0 Å². The second kappa shape index (κ2) is 4.41. The van der Waals surface area contributed by atoms with Gasteiger partial charge in [0, 0.05) is 11.8 Å². The molecular weight excluding hydrogens is 202 g/mol. The zero-order valence-corrected chi connectivity index (χ0v) is 8.45. The van der Waals surface area contributed by atoms with Crippen LogP contribution in [0, 0.1) is 11.3 Å². The molecule has 4 nitrogen and oxygen atoms in total. The average molecular weight is 211 g/mol. The minimum atomic E-state index is -0.627. The molecule has 0 N–H and O–H groups in total. The predicted octanol–water partition coefficient (Wildman–Crippen LogP) is 1.58. The molecular formula is C12H9N3O. The Labute approximate surface area is 93.1 Å². The summed E-state index contributed by atoms with van der Waals surface area (Å²) in [5.41, 5.74) is 0.523. The Morgan fingerprint density at radius 1 is 1.38 bits per heavy atom. The van der Waals surface area contributed by atoms with E-state index in [4.69, 9.17) is 5.26 Å². The van der Waals surface area contributed by atoms with Gasteiger partial charge in [-0.15, -0.1) is 0 Å². The Bertz CT molecular complexity index is 485. The van der Waals surface area contributed by atoms with Crippen LogP contribution in [0.1, 0.15) is 10.4 Å². The molecule has 1 unspecified atom stereocenters. The number of hydrogen-bond donors (Lipinski definition) is 0. The van der Waals surface area contributed by atoms with Crippen molar-refractivity contribution in [2.75, 3.05) is 0 Å². The molecule has 1 atom stereocenters. The number of benzene rings is 1. The third-order valence-corrected chi connectivity index (χ3v) is 2.20. The Kier molecular flexibility index (Phi) is 2.79. The van der Waals surface area contributed by atoms with E-state index < -0.39 is 6.04 Å². The lowest BCUT2D eigenvalue weighted by molar-refractivity contribution is 0.0747. The van der Waals surface area contributed by atoms with Crippen LogP contribution in [0.25, 0.3) is 0 Å². The lowest BCUT2D eigenvalue weighted by Gasteiger charge is -2.21. The van der Waals surface area contributed by atoms with Crippen molar-refractivity contribution in [2.24, 2.45) is 5.10 Å². The summed E-state index contributed by atoms with van der Waals surface area (Å²) in [6.07, 6.45) is 4.78. The highest BCUT2D eigenvalue weighted by molar-refractivity contribution is 5.95. The Morgan fingerprint density at radius 3 is 2.81 bits per heavy atom. The first-order valence-electron chi connectivity index (χ1n) is 4.82. The van der Waals surface area contributed by atoms with Crippen LogP contribution in [0.15, 0.2) is 47.6 Å². The van der Waals surface area contributed by atoms with Gasteiger partial charge < -0.3 is 0 Å². The van der Waals surface area contributed by atoms with Crippen molar-refractivity contribution in [1.82, 2.24) is 5.01 Å². The summed E-state index contributed by atoms with van der Waals surface area (Å²) in [4.78, 5) is 12.0. The smallest absolute Gasteiger partial charge is 0.267 e. The Balaban J connectivity index is 2.26. The summed E-state index contributed by atoms with van der Waals surface area (Å²) in [7, 11) is 0. The van der Waals surface area contributed by atoms with Crippen molar-refractivity contribution >= 4 is 12.1 Å². The zero-order chi connectivity index (χ0) is 11.4. The van der Waals surface area contributed by atoms with Gasteiger partial charge in [0.1, 0.15) is 0 Å². The maximum Gasteiger partial charge on any atom is 0.275 e. The molecule has 1 amide bonds. The van der Waals surface area contributed by atoms with Crippen molar-refractivity contribution in [2.45, 2.75) is 6.04 Å². The molecule has 1 aliphatic heterocycles.